The Morgan fingerprint density at radius 2 is 1.88 bits per heavy atom. The van der Waals surface area contributed by atoms with Crippen molar-refractivity contribution in [2.75, 3.05) is 0 Å². The number of sulfonamides is 1. The molecule has 1 atom stereocenters. The second-order valence-corrected chi connectivity index (χ2v) is 8.72. The molecule has 0 aliphatic carbocycles. The highest BCUT2D eigenvalue weighted by molar-refractivity contribution is 8.42. The number of thioether (sulfide) groups is 1. The van der Waals surface area contributed by atoms with Gasteiger partial charge in [0.05, 0.1) is 5.70 Å². The van der Waals surface area contributed by atoms with Crippen molar-refractivity contribution in [1.82, 2.24) is 5.01 Å². The van der Waals surface area contributed by atoms with Crippen LogP contribution in [0.2, 0.25) is 0 Å². The van der Waals surface area contributed by atoms with Gasteiger partial charge in [-0.15, -0.1) is 5.10 Å². The number of aryl methyl sites for hydroxylation is 1. The smallest absolute Gasteiger partial charge is 0.228 e. The summed E-state index contributed by atoms with van der Waals surface area (Å²) < 4.78 is 23.3. The van der Waals surface area contributed by atoms with Crippen LogP contribution in [0.3, 0.4) is 0 Å². The molecule has 8 heteroatoms. The van der Waals surface area contributed by atoms with Crippen LogP contribution < -0.4 is 5.14 Å². The highest BCUT2D eigenvalue weighted by Crippen LogP contribution is 2.39. The van der Waals surface area contributed by atoms with E-state index in [-0.39, 0.29) is 10.4 Å². The highest BCUT2D eigenvalue weighted by Gasteiger charge is 2.37. The number of nitrogens with zero attached hydrogens (tertiary/aromatic N) is 3. The lowest BCUT2D eigenvalue weighted by Crippen LogP contribution is -2.27. The fourth-order valence-electron chi connectivity index (χ4n) is 2.86. The summed E-state index contributed by atoms with van der Waals surface area (Å²) in [5.74, 6) is 0. The average Bonchev–Trinajstić information content (AvgIpc) is 3.06. The van der Waals surface area contributed by atoms with Crippen LogP contribution in [0.4, 0.5) is 0 Å². The van der Waals surface area contributed by atoms with Gasteiger partial charge in [-0.05, 0) is 36.4 Å². The molecule has 2 heterocycles. The molecule has 26 heavy (non-hydrogen) atoms. The quantitative estimate of drug-likeness (QED) is 0.862. The van der Waals surface area contributed by atoms with E-state index in [0.717, 1.165) is 34.1 Å². The zero-order valence-corrected chi connectivity index (χ0v) is 15.5. The molecule has 4 rings (SSSR count). The van der Waals surface area contributed by atoms with Gasteiger partial charge < -0.3 is 0 Å². The average molecular weight is 384 g/mol. The minimum absolute atomic E-state index is 0.143. The molecular formula is C18H16N4O2S2. The molecule has 2 aliphatic heterocycles. The number of hydrogen-bond acceptors (Lipinski definition) is 6. The maximum Gasteiger partial charge on any atom is 0.264 e. The normalized spacial score (nSPS) is 19.5. The Hall–Kier alpha value is -2.42. The molecule has 1 unspecified atom stereocenters. The van der Waals surface area contributed by atoms with Gasteiger partial charge in [0.25, 0.3) is 10.0 Å². The second kappa shape index (κ2) is 6.39. The molecule has 6 nitrogen and oxygen atoms in total. The van der Waals surface area contributed by atoms with Crippen LogP contribution in [0.1, 0.15) is 22.7 Å². The van der Waals surface area contributed by atoms with Crippen LogP contribution in [-0.2, 0) is 10.0 Å². The second-order valence-electron chi connectivity index (χ2n) is 6.03. The maximum absolute atomic E-state index is 11.7. The zero-order valence-electron chi connectivity index (χ0n) is 13.9. The number of hydrogen-bond donors (Lipinski definition) is 1. The summed E-state index contributed by atoms with van der Waals surface area (Å²) >= 11 is 0.975. The number of hydrazone groups is 1. The number of benzene rings is 2. The third kappa shape index (κ3) is 3.18. The Bertz CT molecular complexity index is 1060. The Morgan fingerprint density at radius 3 is 2.58 bits per heavy atom. The third-order valence-corrected chi connectivity index (χ3v) is 6.29. The minimum Gasteiger partial charge on any atom is -0.228 e. The Balaban J connectivity index is 1.83. The lowest BCUT2D eigenvalue weighted by Gasteiger charge is -2.28. The number of fused-ring (bicyclic) bond motifs is 1. The number of primary sulfonamides is 1. The summed E-state index contributed by atoms with van der Waals surface area (Å²) in [6.07, 6.45) is 1.99. The predicted octanol–water partition coefficient (Wildman–Crippen LogP) is 3.06. The lowest BCUT2D eigenvalue weighted by molar-refractivity contribution is 0.395. The molecule has 2 aliphatic rings. The third-order valence-electron chi connectivity index (χ3n) is 4.06. The SMILES string of the molecule is Cc1cccc(C2=CC(c3ccccc3)N3N=C(S(N)(=O)=O)SC3=N2)c1. The van der Waals surface area contributed by atoms with Gasteiger partial charge in [-0.1, -0.05) is 54.1 Å². The molecule has 0 aromatic heterocycles. The summed E-state index contributed by atoms with van der Waals surface area (Å²) in [4.78, 5) is 4.63. The summed E-state index contributed by atoms with van der Waals surface area (Å²) in [7, 11) is -3.89. The Morgan fingerprint density at radius 1 is 1.12 bits per heavy atom. The van der Waals surface area contributed by atoms with Gasteiger partial charge >= 0.3 is 0 Å². The van der Waals surface area contributed by atoms with E-state index in [1.807, 2.05) is 61.5 Å². The molecule has 0 saturated heterocycles. The van der Waals surface area contributed by atoms with Crippen LogP contribution in [0.5, 0.6) is 0 Å². The predicted molar refractivity (Wildman–Crippen MR) is 106 cm³/mol. The van der Waals surface area contributed by atoms with E-state index < -0.39 is 10.0 Å². The van der Waals surface area contributed by atoms with Crippen molar-refractivity contribution in [3.8, 4) is 0 Å². The van der Waals surface area contributed by atoms with Crippen LogP contribution >= 0.6 is 11.8 Å². The van der Waals surface area contributed by atoms with Crippen LogP contribution in [0.15, 0.2) is 70.8 Å². The molecular weight excluding hydrogens is 368 g/mol. The van der Waals surface area contributed by atoms with E-state index in [2.05, 4.69) is 16.2 Å². The summed E-state index contributed by atoms with van der Waals surface area (Å²) in [6, 6.07) is 17.5. The molecule has 0 saturated carbocycles. The van der Waals surface area contributed by atoms with E-state index in [0.29, 0.717) is 5.17 Å². The van der Waals surface area contributed by atoms with Crippen molar-refractivity contribution < 1.29 is 8.42 Å². The molecule has 132 valence electrons. The van der Waals surface area contributed by atoms with E-state index in [1.165, 1.54) is 0 Å². The summed E-state index contributed by atoms with van der Waals surface area (Å²) in [5.41, 5.74) is 3.88. The first-order valence-electron chi connectivity index (χ1n) is 7.93. The Labute approximate surface area is 156 Å². The van der Waals surface area contributed by atoms with Crippen LogP contribution in [0, 0.1) is 6.92 Å². The first kappa shape index (κ1) is 17.0. The number of aliphatic imine (C=N–C) groups is 1. The van der Waals surface area contributed by atoms with Crippen molar-refractivity contribution in [2.45, 2.75) is 13.0 Å². The lowest BCUT2D eigenvalue weighted by atomic mass is 10.0. The minimum atomic E-state index is -3.89. The first-order valence-corrected chi connectivity index (χ1v) is 10.3. The van der Waals surface area contributed by atoms with E-state index in [1.54, 1.807) is 5.01 Å². The monoisotopic (exact) mass is 384 g/mol. The Kier molecular flexibility index (Phi) is 4.18. The fourth-order valence-corrected chi connectivity index (χ4v) is 4.43. The molecule has 0 fully saturated rings. The van der Waals surface area contributed by atoms with Crippen molar-refractivity contribution in [3.63, 3.8) is 0 Å². The van der Waals surface area contributed by atoms with Gasteiger partial charge in [-0.3, -0.25) is 0 Å². The standard InChI is InChI=1S/C18H16N4O2S2/c1-12-6-5-9-14(10-12)15-11-16(13-7-3-2-4-8-13)22-17(20-15)25-18(21-22)26(19,23)24/h2-11,16H,1H3,(H2,19,23,24). The maximum atomic E-state index is 11.7. The van der Waals surface area contributed by atoms with Crippen molar-refractivity contribution in [2.24, 2.45) is 15.2 Å². The van der Waals surface area contributed by atoms with Gasteiger partial charge in [0.15, 0.2) is 5.17 Å². The summed E-state index contributed by atoms with van der Waals surface area (Å²) in [5, 5.41) is 11.6. The van der Waals surface area contributed by atoms with Gasteiger partial charge in [-0.2, -0.15) is 0 Å². The molecule has 2 N–H and O–H groups in total. The topological polar surface area (TPSA) is 88.1 Å². The van der Waals surface area contributed by atoms with E-state index in [4.69, 9.17) is 5.14 Å². The largest absolute Gasteiger partial charge is 0.264 e. The van der Waals surface area contributed by atoms with Crippen molar-refractivity contribution in [1.29, 1.82) is 0 Å². The molecule has 2 aromatic carbocycles. The fraction of sp³-hybridized carbons (Fsp3) is 0.111. The van der Waals surface area contributed by atoms with E-state index in [9.17, 15) is 8.42 Å². The number of amidine groups is 1. The molecule has 0 amide bonds. The van der Waals surface area contributed by atoms with Crippen molar-refractivity contribution in [3.05, 3.63) is 77.4 Å². The molecule has 0 radical (unpaired) electrons. The molecule has 0 spiro atoms. The van der Waals surface area contributed by atoms with Gasteiger partial charge in [0, 0.05) is 5.56 Å². The molecule has 2 aromatic rings. The van der Waals surface area contributed by atoms with Crippen LogP contribution in [-0.4, -0.2) is 23.0 Å². The van der Waals surface area contributed by atoms with Crippen molar-refractivity contribution >= 4 is 37.0 Å². The van der Waals surface area contributed by atoms with Gasteiger partial charge in [0.1, 0.15) is 6.04 Å². The summed E-state index contributed by atoms with van der Waals surface area (Å²) in [6.45, 7) is 2.02. The zero-order chi connectivity index (χ0) is 18.3. The van der Waals surface area contributed by atoms with E-state index >= 15 is 0 Å². The van der Waals surface area contributed by atoms with Gasteiger partial charge in [0.2, 0.25) is 4.38 Å². The highest BCUT2D eigenvalue weighted by atomic mass is 32.3. The van der Waals surface area contributed by atoms with Crippen LogP contribution in [0.25, 0.3) is 5.70 Å². The van der Waals surface area contributed by atoms with Gasteiger partial charge in [-0.25, -0.2) is 23.6 Å². The molecule has 0 bridgehead atoms. The number of rotatable bonds is 2. The first-order chi connectivity index (χ1) is 12.4. The number of nitrogens with two attached hydrogens (primary N) is 1.